The standard InChI is InChI=1S/C14H12O4/c1-3-16-14-9-4-5-17-11(9)7-12-13(14)10(15)6-8(2)18-12/h4-7H,3H2,1-2H3. The smallest absolute Gasteiger partial charge is 0.196 e. The SMILES string of the molecule is CCOc1c2ccoc2cc2oc(C)cc(=O)c12. The van der Waals surface area contributed by atoms with E-state index in [0.29, 0.717) is 34.7 Å². The maximum Gasteiger partial charge on any atom is 0.196 e. The van der Waals surface area contributed by atoms with Crippen LogP contribution in [0.5, 0.6) is 5.75 Å². The molecule has 4 nitrogen and oxygen atoms in total. The number of hydrogen-bond acceptors (Lipinski definition) is 4. The molecular weight excluding hydrogens is 232 g/mol. The number of hydrogen-bond donors (Lipinski definition) is 0. The fraction of sp³-hybridized carbons (Fsp3) is 0.214. The summed E-state index contributed by atoms with van der Waals surface area (Å²) >= 11 is 0. The summed E-state index contributed by atoms with van der Waals surface area (Å²) in [5.41, 5.74) is 1.05. The molecule has 0 N–H and O–H groups in total. The molecule has 92 valence electrons. The first-order valence-corrected chi connectivity index (χ1v) is 5.78. The van der Waals surface area contributed by atoms with E-state index in [2.05, 4.69) is 0 Å². The van der Waals surface area contributed by atoms with Crippen LogP contribution in [0.25, 0.3) is 21.9 Å². The highest BCUT2D eigenvalue weighted by Crippen LogP contribution is 2.34. The van der Waals surface area contributed by atoms with E-state index >= 15 is 0 Å². The van der Waals surface area contributed by atoms with Crippen LogP contribution in [0.2, 0.25) is 0 Å². The Morgan fingerprint density at radius 3 is 2.89 bits per heavy atom. The average molecular weight is 244 g/mol. The zero-order valence-corrected chi connectivity index (χ0v) is 10.1. The van der Waals surface area contributed by atoms with Crippen molar-refractivity contribution in [2.45, 2.75) is 13.8 Å². The minimum absolute atomic E-state index is 0.0969. The Labute approximate surface area is 103 Å². The van der Waals surface area contributed by atoms with Gasteiger partial charge < -0.3 is 13.6 Å². The van der Waals surface area contributed by atoms with Gasteiger partial charge in [0.15, 0.2) is 5.43 Å². The van der Waals surface area contributed by atoms with Crippen LogP contribution >= 0.6 is 0 Å². The van der Waals surface area contributed by atoms with Gasteiger partial charge in [0.1, 0.15) is 28.1 Å². The third-order valence-corrected chi connectivity index (χ3v) is 2.82. The summed E-state index contributed by atoms with van der Waals surface area (Å²) in [6, 6.07) is 4.98. The molecule has 2 heterocycles. The highest BCUT2D eigenvalue weighted by Gasteiger charge is 2.15. The van der Waals surface area contributed by atoms with Gasteiger partial charge in [0.05, 0.1) is 18.3 Å². The molecule has 4 heteroatoms. The molecule has 0 aliphatic heterocycles. The van der Waals surface area contributed by atoms with Crippen LogP contribution in [0, 0.1) is 6.92 Å². The third-order valence-electron chi connectivity index (χ3n) is 2.82. The lowest BCUT2D eigenvalue weighted by molar-refractivity contribution is 0.347. The largest absolute Gasteiger partial charge is 0.492 e. The predicted octanol–water partition coefficient (Wildman–Crippen LogP) is 3.25. The van der Waals surface area contributed by atoms with Gasteiger partial charge in [0.2, 0.25) is 0 Å². The van der Waals surface area contributed by atoms with E-state index in [0.717, 1.165) is 5.39 Å². The van der Waals surface area contributed by atoms with Gasteiger partial charge in [0, 0.05) is 12.1 Å². The van der Waals surface area contributed by atoms with Crippen molar-refractivity contribution < 1.29 is 13.6 Å². The second-order valence-corrected chi connectivity index (χ2v) is 4.07. The topological polar surface area (TPSA) is 52.6 Å². The van der Waals surface area contributed by atoms with Crippen LogP contribution in [-0.4, -0.2) is 6.61 Å². The van der Waals surface area contributed by atoms with E-state index in [1.165, 1.54) is 6.07 Å². The number of benzene rings is 1. The van der Waals surface area contributed by atoms with Gasteiger partial charge in [-0.3, -0.25) is 4.79 Å². The first kappa shape index (κ1) is 10.9. The van der Waals surface area contributed by atoms with Crippen molar-refractivity contribution in [1.82, 2.24) is 0 Å². The zero-order valence-electron chi connectivity index (χ0n) is 10.1. The minimum Gasteiger partial charge on any atom is -0.492 e. The van der Waals surface area contributed by atoms with Crippen molar-refractivity contribution in [3.05, 3.63) is 40.4 Å². The summed E-state index contributed by atoms with van der Waals surface area (Å²) in [6.07, 6.45) is 1.57. The maximum absolute atomic E-state index is 12.1. The van der Waals surface area contributed by atoms with Gasteiger partial charge in [-0.05, 0) is 19.9 Å². The molecule has 3 aromatic rings. The van der Waals surface area contributed by atoms with E-state index < -0.39 is 0 Å². The van der Waals surface area contributed by atoms with Crippen molar-refractivity contribution in [2.24, 2.45) is 0 Å². The Balaban J connectivity index is 2.54. The second-order valence-electron chi connectivity index (χ2n) is 4.07. The van der Waals surface area contributed by atoms with E-state index in [1.807, 2.05) is 6.92 Å². The Bertz CT molecular complexity index is 779. The number of fused-ring (bicyclic) bond motifs is 2. The molecule has 0 radical (unpaired) electrons. The second kappa shape index (κ2) is 3.91. The lowest BCUT2D eigenvalue weighted by atomic mass is 10.1. The van der Waals surface area contributed by atoms with Gasteiger partial charge in [-0.1, -0.05) is 0 Å². The van der Waals surface area contributed by atoms with Crippen LogP contribution < -0.4 is 10.2 Å². The van der Waals surface area contributed by atoms with Crippen molar-refractivity contribution in [3.8, 4) is 5.75 Å². The maximum atomic E-state index is 12.1. The molecule has 18 heavy (non-hydrogen) atoms. The van der Waals surface area contributed by atoms with Crippen molar-refractivity contribution >= 4 is 21.9 Å². The molecule has 0 atom stereocenters. The van der Waals surface area contributed by atoms with Gasteiger partial charge in [-0.2, -0.15) is 0 Å². The van der Waals surface area contributed by atoms with Crippen molar-refractivity contribution in [3.63, 3.8) is 0 Å². The fourth-order valence-electron chi connectivity index (χ4n) is 2.13. The molecule has 0 unspecified atom stereocenters. The highest BCUT2D eigenvalue weighted by molar-refractivity contribution is 6.01. The number of furan rings is 1. The van der Waals surface area contributed by atoms with Crippen LogP contribution in [0.3, 0.4) is 0 Å². The van der Waals surface area contributed by atoms with E-state index in [4.69, 9.17) is 13.6 Å². The van der Waals surface area contributed by atoms with Crippen molar-refractivity contribution in [2.75, 3.05) is 6.61 Å². The predicted molar refractivity (Wildman–Crippen MR) is 68.2 cm³/mol. The van der Waals surface area contributed by atoms with Crippen LogP contribution in [0.1, 0.15) is 12.7 Å². The Morgan fingerprint density at radius 2 is 2.11 bits per heavy atom. The van der Waals surface area contributed by atoms with Gasteiger partial charge >= 0.3 is 0 Å². The van der Waals surface area contributed by atoms with Gasteiger partial charge in [-0.15, -0.1) is 0 Å². The Kier molecular flexibility index (Phi) is 2.37. The Morgan fingerprint density at radius 1 is 1.28 bits per heavy atom. The Hall–Kier alpha value is -2.23. The zero-order chi connectivity index (χ0) is 12.7. The quantitative estimate of drug-likeness (QED) is 0.694. The van der Waals surface area contributed by atoms with Crippen LogP contribution in [-0.2, 0) is 0 Å². The monoisotopic (exact) mass is 244 g/mol. The molecule has 0 saturated carbocycles. The van der Waals surface area contributed by atoms with Crippen LogP contribution in [0.4, 0.5) is 0 Å². The number of rotatable bonds is 2. The van der Waals surface area contributed by atoms with Gasteiger partial charge in [-0.25, -0.2) is 0 Å². The molecular formula is C14H12O4. The number of ether oxygens (including phenoxy) is 1. The molecule has 0 saturated heterocycles. The molecule has 0 fully saturated rings. The molecule has 2 aromatic heterocycles. The molecule has 0 aliphatic rings. The summed E-state index contributed by atoms with van der Waals surface area (Å²) in [5, 5.41) is 1.26. The third kappa shape index (κ3) is 1.49. The first-order valence-electron chi connectivity index (χ1n) is 5.78. The summed E-state index contributed by atoms with van der Waals surface area (Å²) in [4.78, 5) is 12.1. The fourth-order valence-corrected chi connectivity index (χ4v) is 2.13. The highest BCUT2D eigenvalue weighted by atomic mass is 16.5. The number of aryl methyl sites for hydroxylation is 1. The average Bonchev–Trinajstić information content (AvgIpc) is 2.75. The van der Waals surface area contributed by atoms with Crippen molar-refractivity contribution in [1.29, 1.82) is 0 Å². The molecule has 0 bridgehead atoms. The molecule has 0 spiro atoms. The molecule has 0 aliphatic carbocycles. The minimum atomic E-state index is -0.0969. The van der Waals surface area contributed by atoms with Crippen LogP contribution in [0.15, 0.2) is 38.1 Å². The normalized spacial score (nSPS) is 11.2. The van der Waals surface area contributed by atoms with E-state index in [9.17, 15) is 4.79 Å². The van der Waals surface area contributed by atoms with E-state index in [-0.39, 0.29) is 5.43 Å². The molecule has 1 aromatic carbocycles. The summed E-state index contributed by atoms with van der Waals surface area (Å²) in [5.74, 6) is 1.10. The summed E-state index contributed by atoms with van der Waals surface area (Å²) in [7, 11) is 0. The summed E-state index contributed by atoms with van der Waals surface area (Å²) in [6.45, 7) is 4.10. The molecule has 3 rings (SSSR count). The summed E-state index contributed by atoms with van der Waals surface area (Å²) < 4.78 is 16.5. The lowest BCUT2D eigenvalue weighted by Gasteiger charge is -2.08. The van der Waals surface area contributed by atoms with E-state index in [1.54, 1.807) is 25.3 Å². The first-order chi connectivity index (χ1) is 8.70. The lowest BCUT2D eigenvalue weighted by Crippen LogP contribution is -2.04. The molecule has 0 amide bonds. The van der Waals surface area contributed by atoms with Gasteiger partial charge in [0.25, 0.3) is 0 Å².